The Morgan fingerprint density at radius 2 is 2.43 bits per heavy atom. The van der Waals surface area contributed by atoms with Crippen LogP contribution >= 0.6 is 22.9 Å². The summed E-state index contributed by atoms with van der Waals surface area (Å²) in [7, 11) is 0. The first kappa shape index (κ1) is 14.2. The maximum absolute atomic E-state index is 12.1. The third-order valence-corrected chi connectivity index (χ3v) is 4.28. The van der Waals surface area contributed by atoms with Crippen molar-refractivity contribution < 1.29 is 9.53 Å². The van der Waals surface area contributed by atoms with Crippen LogP contribution < -0.4 is 10.1 Å². The van der Waals surface area contributed by atoms with Gasteiger partial charge in [0.1, 0.15) is 16.9 Å². The van der Waals surface area contributed by atoms with Crippen LogP contribution in [0.15, 0.2) is 36.0 Å². The van der Waals surface area contributed by atoms with E-state index in [1.54, 1.807) is 23.4 Å². The monoisotopic (exact) mass is 323 g/mol. The van der Waals surface area contributed by atoms with Crippen LogP contribution in [0.4, 0.5) is 9.80 Å². The van der Waals surface area contributed by atoms with Crippen LogP contribution in [0.5, 0.6) is 5.75 Å². The number of aromatic nitrogens is 1. The average molecular weight is 324 g/mol. The van der Waals surface area contributed by atoms with E-state index in [9.17, 15) is 4.79 Å². The van der Waals surface area contributed by atoms with Crippen molar-refractivity contribution in [3.05, 3.63) is 41.0 Å². The lowest BCUT2D eigenvalue weighted by atomic mass is 10.3. The highest BCUT2D eigenvalue weighted by Crippen LogP contribution is 2.26. The number of pyridine rings is 1. The molecule has 1 atom stereocenters. The van der Waals surface area contributed by atoms with Crippen LogP contribution in [0.3, 0.4) is 0 Å². The van der Waals surface area contributed by atoms with Gasteiger partial charge in [-0.3, -0.25) is 10.3 Å². The second kappa shape index (κ2) is 6.32. The summed E-state index contributed by atoms with van der Waals surface area (Å²) in [6.07, 6.45) is 3.93. The number of amides is 2. The zero-order valence-electron chi connectivity index (χ0n) is 11.2. The van der Waals surface area contributed by atoms with Crippen LogP contribution in [0.2, 0.25) is 5.02 Å². The number of hydrogen-bond acceptors (Lipinski definition) is 4. The number of thiophene rings is 1. The third-order valence-electron chi connectivity index (χ3n) is 3.21. The van der Waals surface area contributed by atoms with Gasteiger partial charge < -0.3 is 9.64 Å². The molecule has 7 heteroatoms. The molecule has 1 N–H and O–H groups in total. The van der Waals surface area contributed by atoms with Crippen molar-refractivity contribution in [2.24, 2.45) is 0 Å². The summed E-state index contributed by atoms with van der Waals surface area (Å²) in [4.78, 5) is 17.8. The lowest BCUT2D eigenvalue weighted by Gasteiger charge is -2.17. The van der Waals surface area contributed by atoms with E-state index in [0.717, 1.165) is 11.4 Å². The molecule has 0 saturated carbocycles. The predicted molar refractivity (Wildman–Crippen MR) is 83.2 cm³/mol. The largest absolute Gasteiger partial charge is 0.487 e. The van der Waals surface area contributed by atoms with Crippen LogP contribution in [0.1, 0.15) is 6.42 Å². The van der Waals surface area contributed by atoms with Crippen molar-refractivity contribution in [1.82, 2.24) is 9.88 Å². The maximum atomic E-state index is 12.1. The molecule has 0 aromatic carbocycles. The Balaban J connectivity index is 1.56. The van der Waals surface area contributed by atoms with Gasteiger partial charge in [-0.1, -0.05) is 11.6 Å². The molecule has 2 aromatic heterocycles. The van der Waals surface area contributed by atoms with E-state index in [-0.39, 0.29) is 12.1 Å². The number of urea groups is 1. The number of rotatable bonds is 3. The van der Waals surface area contributed by atoms with Crippen LogP contribution in [-0.4, -0.2) is 35.1 Å². The lowest BCUT2D eigenvalue weighted by molar-refractivity contribution is 0.195. The fourth-order valence-corrected chi connectivity index (χ4v) is 2.95. The minimum Gasteiger partial charge on any atom is -0.487 e. The van der Waals surface area contributed by atoms with Gasteiger partial charge in [0, 0.05) is 31.4 Å². The Morgan fingerprint density at radius 3 is 3.19 bits per heavy atom. The molecule has 1 saturated heterocycles. The zero-order valence-corrected chi connectivity index (χ0v) is 12.7. The van der Waals surface area contributed by atoms with Crippen molar-refractivity contribution in [3.8, 4) is 5.75 Å². The molecule has 3 rings (SSSR count). The van der Waals surface area contributed by atoms with Crippen molar-refractivity contribution in [1.29, 1.82) is 0 Å². The van der Waals surface area contributed by atoms with Crippen molar-refractivity contribution in [2.75, 3.05) is 18.4 Å². The molecule has 110 valence electrons. The number of likely N-dealkylation sites (tertiary alicyclic amines) is 1. The molecule has 0 spiro atoms. The van der Waals surface area contributed by atoms with Crippen molar-refractivity contribution >= 4 is 34.0 Å². The zero-order chi connectivity index (χ0) is 14.7. The third kappa shape index (κ3) is 3.46. The molecular formula is C14H14ClN3O2S. The molecule has 0 radical (unpaired) electrons. The smallest absolute Gasteiger partial charge is 0.322 e. The molecular weight excluding hydrogens is 310 g/mol. The normalized spacial score (nSPS) is 17.8. The van der Waals surface area contributed by atoms with Gasteiger partial charge in [0.25, 0.3) is 0 Å². The molecule has 1 aliphatic heterocycles. The van der Waals surface area contributed by atoms with Crippen LogP contribution in [0, 0.1) is 0 Å². The molecule has 0 bridgehead atoms. The summed E-state index contributed by atoms with van der Waals surface area (Å²) in [6.45, 7) is 1.22. The van der Waals surface area contributed by atoms with Gasteiger partial charge in [-0.05, 0) is 17.5 Å². The van der Waals surface area contributed by atoms with Crippen LogP contribution in [0.25, 0.3) is 0 Å². The van der Waals surface area contributed by atoms with E-state index < -0.39 is 0 Å². The fourth-order valence-electron chi connectivity index (χ4n) is 2.18. The first-order chi connectivity index (χ1) is 10.2. The second-order valence-corrected chi connectivity index (χ2v) is 6.04. The van der Waals surface area contributed by atoms with Gasteiger partial charge in [-0.2, -0.15) is 0 Å². The molecule has 1 fully saturated rings. The quantitative estimate of drug-likeness (QED) is 0.940. The number of nitrogens with zero attached hydrogens (tertiary/aromatic N) is 2. The summed E-state index contributed by atoms with van der Waals surface area (Å²) in [5, 5.41) is 6.13. The fraction of sp³-hybridized carbons (Fsp3) is 0.286. The van der Waals surface area contributed by atoms with E-state index in [4.69, 9.17) is 16.3 Å². The Labute approximate surface area is 131 Å². The minimum atomic E-state index is -0.0932. The minimum absolute atomic E-state index is 0.0426. The standard InChI is InChI=1S/C14H14ClN3O2S/c15-11-8-16-5-3-12(11)20-10-4-6-18(9-10)14(19)17-13-2-1-7-21-13/h1-3,5,7-8,10H,4,6,9H2,(H,17,19)/t10-/m1/s1. The Kier molecular flexibility index (Phi) is 4.26. The van der Waals surface area contributed by atoms with E-state index in [2.05, 4.69) is 10.3 Å². The second-order valence-electron chi connectivity index (χ2n) is 4.69. The summed E-state index contributed by atoms with van der Waals surface area (Å²) in [5.41, 5.74) is 0. The predicted octanol–water partition coefficient (Wildman–Crippen LogP) is 3.48. The number of carbonyl (C=O) groups is 1. The number of hydrogen-bond donors (Lipinski definition) is 1. The number of anilines is 1. The number of nitrogens with one attached hydrogen (secondary N) is 1. The van der Waals surface area contributed by atoms with Gasteiger partial charge in [0.05, 0.1) is 11.5 Å². The van der Waals surface area contributed by atoms with Crippen LogP contribution in [-0.2, 0) is 0 Å². The lowest BCUT2D eigenvalue weighted by Crippen LogP contribution is -2.34. The molecule has 5 nitrogen and oxygen atoms in total. The molecule has 2 aromatic rings. The first-order valence-electron chi connectivity index (χ1n) is 6.58. The summed E-state index contributed by atoms with van der Waals surface area (Å²) >= 11 is 7.52. The molecule has 21 heavy (non-hydrogen) atoms. The number of carbonyl (C=O) groups excluding carboxylic acids is 1. The number of ether oxygens (including phenoxy) is 1. The topological polar surface area (TPSA) is 54.5 Å². The van der Waals surface area contributed by atoms with Gasteiger partial charge in [0.2, 0.25) is 0 Å². The van der Waals surface area contributed by atoms with E-state index in [1.165, 1.54) is 11.3 Å². The van der Waals surface area contributed by atoms with E-state index >= 15 is 0 Å². The average Bonchev–Trinajstić information content (AvgIpc) is 3.13. The molecule has 2 amide bonds. The number of halogens is 1. The Hall–Kier alpha value is -1.79. The van der Waals surface area contributed by atoms with Gasteiger partial charge in [-0.25, -0.2) is 4.79 Å². The highest BCUT2D eigenvalue weighted by Gasteiger charge is 2.28. The Bertz CT molecular complexity index is 620. The molecule has 1 aliphatic rings. The van der Waals surface area contributed by atoms with Crippen molar-refractivity contribution in [2.45, 2.75) is 12.5 Å². The summed E-state index contributed by atoms with van der Waals surface area (Å²) in [6, 6.07) is 5.42. The van der Waals surface area contributed by atoms with E-state index in [0.29, 0.717) is 23.9 Å². The summed E-state index contributed by atoms with van der Waals surface area (Å²) < 4.78 is 5.83. The summed E-state index contributed by atoms with van der Waals surface area (Å²) in [5.74, 6) is 0.609. The highest BCUT2D eigenvalue weighted by atomic mass is 35.5. The van der Waals surface area contributed by atoms with Gasteiger partial charge >= 0.3 is 6.03 Å². The maximum Gasteiger partial charge on any atom is 0.322 e. The van der Waals surface area contributed by atoms with Crippen molar-refractivity contribution in [3.63, 3.8) is 0 Å². The highest BCUT2D eigenvalue weighted by molar-refractivity contribution is 7.14. The SMILES string of the molecule is O=C(Nc1cccs1)N1CC[C@@H](Oc2ccncc2Cl)C1. The van der Waals surface area contributed by atoms with E-state index in [1.807, 2.05) is 17.5 Å². The molecule has 0 aliphatic carbocycles. The first-order valence-corrected chi connectivity index (χ1v) is 7.84. The van der Waals surface area contributed by atoms with Gasteiger partial charge in [0.15, 0.2) is 0 Å². The van der Waals surface area contributed by atoms with Gasteiger partial charge in [-0.15, -0.1) is 11.3 Å². The molecule has 0 unspecified atom stereocenters. The Morgan fingerprint density at radius 1 is 1.52 bits per heavy atom. The molecule has 3 heterocycles.